The predicted molar refractivity (Wildman–Crippen MR) is 56.6 cm³/mol. The van der Waals surface area contributed by atoms with Gasteiger partial charge in [-0.3, -0.25) is 0 Å². The van der Waals surface area contributed by atoms with Gasteiger partial charge in [0, 0.05) is 21.3 Å². The van der Waals surface area contributed by atoms with Crippen LogP contribution < -0.4 is 0 Å². The first-order chi connectivity index (χ1) is 7.14. The van der Waals surface area contributed by atoms with E-state index in [4.69, 9.17) is 18.0 Å². The smallest absolute Gasteiger partial charge is 0.393 e. The first-order valence-electron chi connectivity index (χ1n) is 5.05. The van der Waals surface area contributed by atoms with Crippen molar-refractivity contribution in [1.82, 2.24) is 0 Å². The fourth-order valence-electron chi connectivity index (χ4n) is 2.12. The summed E-state index contributed by atoms with van der Waals surface area (Å²) in [5.74, 6) is 0. The summed E-state index contributed by atoms with van der Waals surface area (Å²) >= 11 is 0. The second-order valence-electron chi connectivity index (χ2n) is 3.69. The van der Waals surface area contributed by atoms with Crippen molar-refractivity contribution in [2.45, 2.75) is 24.5 Å². The summed E-state index contributed by atoms with van der Waals surface area (Å²) in [7, 11) is 2.01. The normalized spacial score (nSPS) is 27.8. The van der Waals surface area contributed by atoms with E-state index in [-0.39, 0.29) is 12.1 Å². The fourth-order valence-corrected chi connectivity index (χ4v) is 4.87. The molecule has 2 unspecified atom stereocenters. The van der Waals surface area contributed by atoms with Crippen LogP contribution in [0.4, 0.5) is 0 Å². The van der Waals surface area contributed by atoms with Crippen LogP contribution in [-0.2, 0) is 18.0 Å². The Morgan fingerprint density at radius 2 is 1.80 bits per heavy atom. The molecule has 1 saturated heterocycles. The zero-order chi connectivity index (χ0) is 11.5. The molecule has 1 N–H and O–H groups in total. The quantitative estimate of drug-likeness (QED) is 0.512. The molecule has 1 aliphatic heterocycles. The summed E-state index contributed by atoms with van der Waals surface area (Å²) in [6.07, 6.45) is 0.794. The maximum absolute atomic E-state index is 9.34. The molecule has 1 rings (SSSR count). The van der Waals surface area contributed by atoms with Gasteiger partial charge in [-0.2, -0.15) is 0 Å². The number of ether oxygens (including phenoxy) is 1. The fraction of sp³-hybridized carbons (Fsp3) is 1.00. The molecule has 0 radical (unpaired) electrons. The Labute approximate surface area is 91.7 Å². The second kappa shape index (κ2) is 4.90. The highest BCUT2D eigenvalue weighted by Gasteiger charge is 2.63. The Hall–Kier alpha value is 0.0169. The number of epoxide rings is 1. The molecule has 1 aliphatic rings. The minimum Gasteiger partial charge on any atom is -0.393 e. The molecule has 1 heterocycles. The number of rotatable bonds is 7. The van der Waals surface area contributed by atoms with Crippen LogP contribution in [0.15, 0.2) is 0 Å². The summed E-state index contributed by atoms with van der Waals surface area (Å²) in [6, 6.07) is 0. The van der Waals surface area contributed by atoms with E-state index in [1.54, 1.807) is 21.3 Å². The molecule has 5 nitrogen and oxygen atoms in total. The van der Waals surface area contributed by atoms with Gasteiger partial charge in [0.15, 0.2) is 0 Å². The highest BCUT2D eigenvalue weighted by atomic mass is 28.4. The molecule has 2 atom stereocenters. The minimum atomic E-state index is -2.73. The van der Waals surface area contributed by atoms with E-state index < -0.39 is 14.4 Å². The lowest BCUT2D eigenvalue weighted by Crippen LogP contribution is -2.53. The van der Waals surface area contributed by atoms with Gasteiger partial charge in [0.25, 0.3) is 0 Å². The maximum atomic E-state index is 9.34. The van der Waals surface area contributed by atoms with Gasteiger partial charge >= 0.3 is 8.80 Å². The van der Waals surface area contributed by atoms with Gasteiger partial charge in [0.1, 0.15) is 5.60 Å². The zero-order valence-corrected chi connectivity index (χ0v) is 10.8. The van der Waals surface area contributed by atoms with E-state index in [1.807, 2.05) is 6.92 Å². The van der Waals surface area contributed by atoms with Crippen molar-refractivity contribution < 1.29 is 23.1 Å². The highest BCUT2D eigenvalue weighted by molar-refractivity contribution is 6.62. The SMILES string of the molecule is CCC(C1(CO)CO1)[Si](OC)(OC)OC. The maximum Gasteiger partial charge on any atom is 0.506 e. The predicted octanol–water partition coefficient (Wildman–Crippen LogP) is 0.406. The van der Waals surface area contributed by atoms with Crippen molar-refractivity contribution in [2.24, 2.45) is 0 Å². The van der Waals surface area contributed by atoms with Crippen LogP contribution >= 0.6 is 0 Å². The third-order valence-corrected chi connectivity index (χ3v) is 6.60. The number of aliphatic hydroxyl groups excluding tert-OH is 1. The van der Waals surface area contributed by atoms with Crippen molar-refractivity contribution in [3.05, 3.63) is 0 Å². The van der Waals surface area contributed by atoms with Gasteiger partial charge in [-0.1, -0.05) is 6.92 Å². The molecule has 90 valence electrons. The molecule has 0 aromatic carbocycles. The molecule has 0 spiro atoms. The van der Waals surface area contributed by atoms with Gasteiger partial charge < -0.3 is 23.1 Å². The molecular weight excluding hydrogens is 216 g/mol. The summed E-state index contributed by atoms with van der Waals surface area (Å²) in [4.78, 5) is 0. The summed E-state index contributed by atoms with van der Waals surface area (Å²) in [6.45, 7) is 2.55. The van der Waals surface area contributed by atoms with Crippen molar-refractivity contribution >= 4 is 8.80 Å². The molecular formula is C9H20O5Si. The third kappa shape index (κ3) is 2.10. The third-order valence-electron chi connectivity index (χ3n) is 3.11. The molecule has 6 heteroatoms. The minimum absolute atomic E-state index is 0.0175. The largest absolute Gasteiger partial charge is 0.506 e. The first kappa shape index (κ1) is 13.1. The summed E-state index contributed by atoms with van der Waals surface area (Å²) in [5.41, 5.74) is -0.529. The molecule has 0 bridgehead atoms. The summed E-state index contributed by atoms with van der Waals surface area (Å²) < 4.78 is 21.6. The molecule has 0 saturated carbocycles. The van der Waals surface area contributed by atoms with Crippen LogP contribution in [0.25, 0.3) is 0 Å². The zero-order valence-electron chi connectivity index (χ0n) is 9.78. The molecule has 0 aromatic rings. The van der Waals surface area contributed by atoms with Crippen LogP contribution in [0, 0.1) is 0 Å². The average molecular weight is 236 g/mol. The molecule has 0 amide bonds. The Balaban J connectivity index is 2.88. The van der Waals surface area contributed by atoms with Gasteiger partial charge in [0.05, 0.1) is 18.8 Å². The van der Waals surface area contributed by atoms with Crippen molar-refractivity contribution in [2.75, 3.05) is 34.5 Å². The first-order valence-corrected chi connectivity index (χ1v) is 6.85. The monoisotopic (exact) mass is 236 g/mol. The van der Waals surface area contributed by atoms with Gasteiger partial charge in [0.2, 0.25) is 0 Å². The van der Waals surface area contributed by atoms with E-state index in [0.717, 1.165) is 6.42 Å². The molecule has 0 aromatic heterocycles. The lowest BCUT2D eigenvalue weighted by atomic mass is 10.1. The molecule has 15 heavy (non-hydrogen) atoms. The van der Waals surface area contributed by atoms with Crippen molar-refractivity contribution in [3.63, 3.8) is 0 Å². The van der Waals surface area contributed by atoms with Gasteiger partial charge in [-0.15, -0.1) is 0 Å². The van der Waals surface area contributed by atoms with E-state index in [2.05, 4.69) is 0 Å². The Morgan fingerprint density at radius 1 is 1.33 bits per heavy atom. The van der Waals surface area contributed by atoms with Crippen LogP contribution in [0.5, 0.6) is 0 Å². The lowest BCUT2D eigenvalue weighted by Gasteiger charge is -2.34. The Bertz CT molecular complexity index is 194. The Morgan fingerprint density at radius 3 is 2.00 bits per heavy atom. The standard InChI is InChI=1S/C9H20O5Si/c1-5-8(9(6-10)7-14-9)15(11-2,12-3)13-4/h8,10H,5-7H2,1-4H3. The Kier molecular flexibility index (Phi) is 4.27. The van der Waals surface area contributed by atoms with E-state index >= 15 is 0 Å². The number of aliphatic hydroxyl groups is 1. The number of hydrogen-bond acceptors (Lipinski definition) is 5. The topological polar surface area (TPSA) is 60.5 Å². The van der Waals surface area contributed by atoms with Crippen LogP contribution in [0.1, 0.15) is 13.3 Å². The van der Waals surface area contributed by atoms with E-state index in [1.165, 1.54) is 0 Å². The highest BCUT2D eigenvalue weighted by Crippen LogP contribution is 2.47. The average Bonchev–Trinajstić information content (AvgIpc) is 3.07. The van der Waals surface area contributed by atoms with Crippen LogP contribution in [0.3, 0.4) is 0 Å². The molecule has 1 fully saturated rings. The summed E-state index contributed by atoms with van der Waals surface area (Å²) in [5, 5.41) is 9.34. The van der Waals surface area contributed by atoms with Gasteiger partial charge in [-0.25, -0.2) is 0 Å². The second-order valence-corrected chi connectivity index (χ2v) is 6.82. The number of hydrogen-bond donors (Lipinski definition) is 1. The van der Waals surface area contributed by atoms with Crippen molar-refractivity contribution in [3.8, 4) is 0 Å². The van der Waals surface area contributed by atoms with Crippen LogP contribution in [0.2, 0.25) is 5.54 Å². The lowest BCUT2D eigenvalue weighted by molar-refractivity contribution is 0.0762. The van der Waals surface area contributed by atoms with Crippen molar-refractivity contribution in [1.29, 1.82) is 0 Å². The molecule has 0 aliphatic carbocycles. The van der Waals surface area contributed by atoms with E-state index in [0.29, 0.717) is 6.61 Å². The van der Waals surface area contributed by atoms with E-state index in [9.17, 15) is 5.11 Å². The van der Waals surface area contributed by atoms with Gasteiger partial charge in [-0.05, 0) is 6.42 Å². The van der Waals surface area contributed by atoms with Crippen LogP contribution in [-0.4, -0.2) is 54.1 Å².